The molecule has 0 aliphatic carbocycles. The van der Waals surface area contributed by atoms with Gasteiger partial charge < -0.3 is 14.8 Å². The van der Waals surface area contributed by atoms with E-state index in [9.17, 15) is 4.79 Å². The number of nitrogens with one attached hydrogen (secondary N) is 1. The molecule has 0 atom stereocenters. The van der Waals surface area contributed by atoms with E-state index in [1.54, 1.807) is 0 Å². The monoisotopic (exact) mass is 145 g/mol. The fourth-order valence-corrected chi connectivity index (χ4v) is 0.319. The van der Waals surface area contributed by atoms with E-state index in [1.807, 2.05) is 0 Å². The SMILES string of the molecule is C=CC(=O)NCOCOC. The Morgan fingerprint density at radius 2 is 2.50 bits per heavy atom. The number of carbonyl (C=O) groups excluding carboxylic acids is 1. The third kappa shape index (κ3) is 5.27. The van der Waals surface area contributed by atoms with Crippen LogP contribution in [0.15, 0.2) is 12.7 Å². The van der Waals surface area contributed by atoms with Crippen molar-refractivity contribution >= 4 is 5.91 Å². The third-order valence-corrected chi connectivity index (χ3v) is 0.735. The van der Waals surface area contributed by atoms with Gasteiger partial charge in [-0.25, -0.2) is 0 Å². The van der Waals surface area contributed by atoms with Crippen molar-refractivity contribution in [1.29, 1.82) is 0 Å². The van der Waals surface area contributed by atoms with Gasteiger partial charge in [-0.3, -0.25) is 4.79 Å². The summed E-state index contributed by atoms with van der Waals surface area (Å²) >= 11 is 0. The largest absolute Gasteiger partial charge is 0.359 e. The van der Waals surface area contributed by atoms with Crippen LogP contribution >= 0.6 is 0 Å². The zero-order valence-corrected chi connectivity index (χ0v) is 5.92. The summed E-state index contributed by atoms with van der Waals surface area (Å²) in [5.41, 5.74) is 0. The van der Waals surface area contributed by atoms with Gasteiger partial charge in [-0.15, -0.1) is 0 Å². The standard InChI is InChI=1S/C6H11NO3/c1-3-6(8)7-4-10-5-9-2/h3H,1,4-5H2,2H3,(H,7,8). The molecule has 0 unspecified atom stereocenters. The quantitative estimate of drug-likeness (QED) is 0.333. The molecular formula is C6H11NO3. The molecule has 0 fully saturated rings. The minimum Gasteiger partial charge on any atom is -0.359 e. The molecule has 0 rings (SSSR count). The van der Waals surface area contributed by atoms with Gasteiger partial charge in [-0.05, 0) is 6.08 Å². The third-order valence-electron chi connectivity index (χ3n) is 0.735. The lowest BCUT2D eigenvalue weighted by molar-refractivity contribution is -0.119. The Morgan fingerprint density at radius 1 is 1.80 bits per heavy atom. The normalized spacial score (nSPS) is 8.90. The first kappa shape index (κ1) is 9.13. The van der Waals surface area contributed by atoms with E-state index in [4.69, 9.17) is 4.74 Å². The van der Waals surface area contributed by atoms with E-state index in [0.717, 1.165) is 0 Å². The van der Waals surface area contributed by atoms with Crippen LogP contribution in [0.2, 0.25) is 0 Å². The summed E-state index contributed by atoms with van der Waals surface area (Å²) in [6.45, 7) is 3.59. The molecule has 4 nitrogen and oxygen atoms in total. The second-order valence-corrected chi connectivity index (χ2v) is 1.50. The number of rotatable bonds is 5. The van der Waals surface area contributed by atoms with E-state index < -0.39 is 0 Å². The second-order valence-electron chi connectivity index (χ2n) is 1.50. The molecule has 1 N–H and O–H groups in total. The maximum atomic E-state index is 10.4. The lowest BCUT2D eigenvalue weighted by Crippen LogP contribution is -2.24. The van der Waals surface area contributed by atoms with Crippen molar-refractivity contribution in [1.82, 2.24) is 5.32 Å². The van der Waals surface area contributed by atoms with E-state index in [2.05, 4.69) is 16.6 Å². The second kappa shape index (κ2) is 6.25. The van der Waals surface area contributed by atoms with Crippen LogP contribution in [0.1, 0.15) is 0 Å². The van der Waals surface area contributed by atoms with E-state index >= 15 is 0 Å². The lowest BCUT2D eigenvalue weighted by atomic mass is 10.6. The van der Waals surface area contributed by atoms with Crippen LogP contribution in [0, 0.1) is 0 Å². The zero-order valence-electron chi connectivity index (χ0n) is 5.92. The molecular weight excluding hydrogens is 134 g/mol. The Bertz CT molecular complexity index is 114. The maximum absolute atomic E-state index is 10.4. The number of hydrogen-bond donors (Lipinski definition) is 1. The Balaban J connectivity index is 3.03. The molecule has 1 amide bonds. The number of amides is 1. The van der Waals surface area contributed by atoms with Crippen molar-refractivity contribution in [2.75, 3.05) is 20.6 Å². The molecule has 0 radical (unpaired) electrons. The summed E-state index contributed by atoms with van der Waals surface area (Å²) in [5, 5.41) is 2.41. The molecule has 0 aliphatic rings. The Hall–Kier alpha value is -0.870. The first-order chi connectivity index (χ1) is 4.81. The van der Waals surface area contributed by atoms with Crippen molar-refractivity contribution < 1.29 is 14.3 Å². The van der Waals surface area contributed by atoms with Crippen LogP contribution in [0.3, 0.4) is 0 Å². The Labute approximate surface area is 59.8 Å². The molecule has 0 bridgehead atoms. The molecule has 4 heteroatoms. The summed E-state index contributed by atoms with van der Waals surface area (Å²) in [4.78, 5) is 10.4. The van der Waals surface area contributed by atoms with Gasteiger partial charge in [0.1, 0.15) is 13.5 Å². The van der Waals surface area contributed by atoms with Gasteiger partial charge in [0.2, 0.25) is 5.91 Å². The van der Waals surface area contributed by atoms with Crippen molar-refractivity contribution in [3.05, 3.63) is 12.7 Å². The van der Waals surface area contributed by atoms with Gasteiger partial charge in [-0.2, -0.15) is 0 Å². The molecule has 10 heavy (non-hydrogen) atoms. The number of ether oxygens (including phenoxy) is 2. The average Bonchev–Trinajstić information content (AvgIpc) is 1.98. The van der Waals surface area contributed by atoms with Gasteiger partial charge in [0.25, 0.3) is 0 Å². The molecule has 0 spiro atoms. The molecule has 0 saturated heterocycles. The van der Waals surface area contributed by atoms with Crippen LogP contribution in [0.25, 0.3) is 0 Å². The highest BCUT2D eigenvalue weighted by atomic mass is 16.7. The highest BCUT2D eigenvalue weighted by Gasteiger charge is 1.89. The van der Waals surface area contributed by atoms with Crippen molar-refractivity contribution in [3.63, 3.8) is 0 Å². The first-order valence-corrected chi connectivity index (χ1v) is 2.78. The van der Waals surface area contributed by atoms with Gasteiger partial charge in [0.05, 0.1) is 0 Å². The molecule has 0 saturated carbocycles. The van der Waals surface area contributed by atoms with Gasteiger partial charge in [-0.1, -0.05) is 6.58 Å². The van der Waals surface area contributed by atoms with Crippen molar-refractivity contribution in [3.8, 4) is 0 Å². The Kier molecular flexibility index (Phi) is 5.71. The van der Waals surface area contributed by atoms with Gasteiger partial charge in [0.15, 0.2) is 0 Å². The van der Waals surface area contributed by atoms with Crippen LogP contribution < -0.4 is 5.32 Å². The summed E-state index contributed by atoms with van der Waals surface area (Å²) in [6.07, 6.45) is 1.18. The minimum atomic E-state index is -0.254. The summed E-state index contributed by atoms with van der Waals surface area (Å²) < 4.78 is 9.31. The predicted molar refractivity (Wildman–Crippen MR) is 36.2 cm³/mol. The molecule has 0 aromatic rings. The maximum Gasteiger partial charge on any atom is 0.245 e. The summed E-state index contributed by atoms with van der Waals surface area (Å²) in [6, 6.07) is 0. The fraction of sp³-hybridized carbons (Fsp3) is 0.500. The molecule has 58 valence electrons. The van der Waals surface area contributed by atoms with E-state index in [0.29, 0.717) is 0 Å². The van der Waals surface area contributed by atoms with Crippen molar-refractivity contribution in [2.24, 2.45) is 0 Å². The zero-order chi connectivity index (χ0) is 7.82. The first-order valence-electron chi connectivity index (χ1n) is 2.78. The number of methoxy groups -OCH3 is 1. The highest BCUT2D eigenvalue weighted by molar-refractivity contribution is 5.86. The lowest BCUT2D eigenvalue weighted by Gasteiger charge is -2.01. The Morgan fingerprint density at radius 3 is 3.00 bits per heavy atom. The topological polar surface area (TPSA) is 47.6 Å². The average molecular weight is 145 g/mol. The van der Waals surface area contributed by atoms with Gasteiger partial charge >= 0.3 is 0 Å². The molecule has 0 aromatic carbocycles. The molecule has 0 aromatic heterocycles. The van der Waals surface area contributed by atoms with Crippen LogP contribution in [0.5, 0.6) is 0 Å². The van der Waals surface area contributed by atoms with Gasteiger partial charge in [0, 0.05) is 7.11 Å². The van der Waals surface area contributed by atoms with E-state index in [-0.39, 0.29) is 19.4 Å². The summed E-state index contributed by atoms with van der Waals surface area (Å²) in [7, 11) is 1.51. The van der Waals surface area contributed by atoms with Crippen LogP contribution in [-0.4, -0.2) is 26.5 Å². The smallest absolute Gasteiger partial charge is 0.245 e. The fourth-order valence-electron chi connectivity index (χ4n) is 0.319. The summed E-state index contributed by atoms with van der Waals surface area (Å²) in [5.74, 6) is -0.254. The number of carbonyl (C=O) groups is 1. The minimum absolute atomic E-state index is 0.151. The van der Waals surface area contributed by atoms with E-state index in [1.165, 1.54) is 13.2 Å². The highest BCUT2D eigenvalue weighted by Crippen LogP contribution is 1.71. The molecule has 0 heterocycles. The van der Waals surface area contributed by atoms with Crippen LogP contribution in [-0.2, 0) is 14.3 Å². The van der Waals surface area contributed by atoms with Crippen molar-refractivity contribution in [2.45, 2.75) is 0 Å². The predicted octanol–water partition coefficient (Wildman–Crippen LogP) is -0.133. The van der Waals surface area contributed by atoms with Crippen LogP contribution in [0.4, 0.5) is 0 Å². The molecule has 0 aliphatic heterocycles. The number of hydrogen-bond acceptors (Lipinski definition) is 3.